The molecular formula is C11H11NO3S. The summed E-state index contributed by atoms with van der Waals surface area (Å²) in [5.41, 5.74) is 1.84. The van der Waals surface area contributed by atoms with Gasteiger partial charge in [-0.15, -0.1) is 0 Å². The van der Waals surface area contributed by atoms with Crippen molar-refractivity contribution in [1.29, 1.82) is 0 Å². The van der Waals surface area contributed by atoms with E-state index in [0.29, 0.717) is 0 Å². The van der Waals surface area contributed by atoms with Crippen LogP contribution in [0.15, 0.2) is 24.3 Å². The molecule has 0 radical (unpaired) electrons. The van der Waals surface area contributed by atoms with Crippen molar-refractivity contribution in [2.75, 3.05) is 0 Å². The SMILES string of the molecule is Cc1ccccc1C1OC(=S)NC1C(=O)O. The molecule has 1 aromatic rings. The van der Waals surface area contributed by atoms with Gasteiger partial charge in [-0.1, -0.05) is 24.3 Å². The minimum atomic E-state index is -0.965. The van der Waals surface area contributed by atoms with Crippen LogP contribution in [0.1, 0.15) is 17.2 Å². The molecule has 16 heavy (non-hydrogen) atoms. The first-order valence-electron chi connectivity index (χ1n) is 4.85. The van der Waals surface area contributed by atoms with E-state index in [9.17, 15) is 4.79 Å². The Labute approximate surface area is 98.2 Å². The molecule has 0 saturated carbocycles. The van der Waals surface area contributed by atoms with E-state index >= 15 is 0 Å². The van der Waals surface area contributed by atoms with Gasteiger partial charge >= 0.3 is 5.97 Å². The molecule has 2 rings (SSSR count). The zero-order valence-electron chi connectivity index (χ0n) is 8.64. The summed E-state index contributed by atoms with van der Waals surface area (Å²) in [7, 11) is 0. The summed E-state index contributed by atoms with van der Waals surface area (Å²) in [5, 5.41) is 11.8. The van der Waals surface area contributed by atoms with E-state index in [1.807, 2.05) is 31.2 Å². The molecule has 2 N–H and O–H groups in total. The number of carbonyl (C=O) groups is 1. The van der Waals surface area contributed by atoms with Gasteiger partial charge in [-0.25, -0.2) is 4.79 Å². The van der Waals surface area contributed by atoms with Crippen molar-refractivity contribution < 1.29 is 14.6 Å². The molecule has 0 aliphatic carbocycles. The normalized spacial score (nSPS) is 23.7. The standard InChI is InChI=1S/C11H11NO3S/c1-6-4-2-3-5-7(6)9-8(10(13)14)12-11(16)15-9/h2-5,8-9H,1H3,(H,12,16)(H,13,14). The fourth-order valence-electron chi connectivity index (χ4n) is 1.76. The molecule has 4 nitrogen and oxygen atoms in total. The molecule has 84 valence electrons. The summed E-state index contributed by atoms with van der Waals surface area (Å²) < 4.78 is 5.34. The van der Waals surface area contributed by atoms with E-state index in [1.54, 1.807) is 0 Å². The lowest BCUT2D eigenvalue weighted by molar-refractivity contribution is -0.140. The van der Waals surface area contributed by atoms with Crippen LogP contribution in [0.4, 0.5) is 0 Å². The predicted octanol–water partition coefficient (Wildman–Crippen LogP) is 1.39. The van der Waals surface area contributed by atoms with Gasteiger partial charge in [0.05, 0.1) is 0 Å². The number of hydrogen-bond donors (Lipinski definition) is 2. The molecule has 5 heteroatoms. The van der Waals surface area contributed by atoms with Crippen molar-refractivity contribution in [3.8, 4) is 0 Å². The number of aryl methyl sites for hydroxylation is 1. The number of nitrogens with one attached hydrogen (secondary N) is 1. The Kier molecular flexibility index (Phi) is 2.78. The van der Waals surface area contributed by atoms with Crippen molar-refractivity contribution in [1.82, 2.24) is 5.32 Å². The van der Waals surface area contributed by atoms with Crippen LogP contribution in [0.2, 0.25) is 0 Å². The lowest BCUT2D eigenvalue weighted by Gasteiger charge is -2.15. The highest BCUT2D eigenvalue weighted by molar-refractivity contribution is 7.80. The van der Waals surface area contributed by atoms with Gasteiger partial charge in [-0.2, -0.15) is 0 Å². The molecule has 1 heterocycles. The van der Waals surface area contributed by atoms with Gasteiger partial charge in [0.25, 0.3) is 5.17 Å². The first-order chi connectivity index (χ1) is 7.59. The fourth-order valence-corrected chi connectivity index (χ4v) is 1.99. The van der Waals surface area contributed by atoms with Crippen molar-refractivity contribution in [2.45, 2.75) is 19.1 Å². The van der Waals surface area contributed by atoms with E-state index in [2.05, 4.69) is 5.32 Å². The fraction of sp³-hybridized carbons (Fsp3) is 0.273. The lowest BCUT2D eigenvalue weighted by Crippen LogP contribution is -2.35. The van der Waals surface area contributed by atoms with E-state index < -0.39 is 18.1 Å². The van der Waals surface area contributed by atoms with Gasteiger partial charge in [0.15, 0.2) is 12.1 Å². The minimum absolute atomic E-state index is 0.139. The third kappa shape index (κ3) is 1.86. The number of hydrogen-bond acceptors (Lipinski definition) is 3. The minimum Gasteiger partial charge on any atom is -0.480 e. The molecule has 1 aliphatic heterocycles. The Morgan fingerprint density at radius 3 is 2.81 bits per heavy atom. The van der Waals surface area contributed by atoms with Crippen LogP contribution in [0.5, 0.6) is 0 Å². The molecule has 1 aliphatic rings. The number of rotatable bonds is 2. The van der Waals surface area contributed by atoms with Crippen molar-refractivity contribution in [3.05, 3.63) is 35.4 Å². The highest BCUT2D eigenvalue weighted by Gasteiger charge is 2.38. The first-order valence-corrected chi connectivity index (χ1v) is 5.26. The number of carboxylic acid groups (broad SMARTS) is 1. The van der Waals surface area contributed by atoms with Gasteiger partial charge in [0.2, 0.25) is 0 Å². The van der Waals surface area contributed by atoms with E-state index in [0.717, 1.165) is 11.1 Å². The maximum Gasteiger partial charge on any atom is 0.330 e. The van der Waals surface area contributed by atoms with Crippen LogP contribution >= 0.6 is 12.2 Å². The van der Waals surface area contributed by atoms with E-state index in [-0.39, 0.29) is 5.17 Å². The van der Waals surface area contributed by atoms with Crippen molar-refractivity contribution in [2.24, 2.45) is 0 Å². The third-order valence-corrected chi connectivity index (χ3v) is 2.79. The summed E-state index contributed by atoms with van der Waals surface area (Å²) in [6, 6.07) is 6.71. The Bertz CT molecular complexity index is 447. The van der Waals surface area contributed by atoms with Crippen LogP contribution in [0.3, 0.4) is 0 Å². The number of aliphatic carboxylic acids is 1. The molecule has 1 saturated heterocycles. The second-order valence-corrected chi connectivity index (χ2v) is 4.01. The van der Waals surface area contributed by atoms with E-state index in [1.165, 1.54) is 0 Å². The molecular weight excluding hydrogens is 226 g/mol. The van der Waals surface area contributed by atoms with Crippen LogP contribution in [-0.2, 0) is 9.53 Å². The maximum atomic E-state index is 11.0. The molecule has 0 spiro atoms. The number of carboxylic acids is 1. The Hall–Kier alpha value is -1.62. The summed E-state index contributed by atoms with van der Waals surface area (Å²) in [6.07, 6.45) is -0.550. The number of ether oxygens (including phenoxy) is 1. The summed E-state index contributed by atoms with van der Waals surface area (Å²) in [6.45, 7) is 1.92. The Morgan fingerprint density at radius 1 is 1.50 bits per heavy atom. The monoisotopic (exact) mass is 237 g/mol. The molecule has 1 aromatic carbocycles. The lowest BCUT2D eigenvalue weighted by atomic mass is 9.98. The van der Waals surface area contributed by atoms with Crippen LogP contribution in [0, 0.1) is 6.92 Å². The topological polar surface area (TPSA) is 58.6 Å². The Morgan fingerprint density at radius 2 is 2.19 bits per heavy atom. The first kappa shape index (κ1) is 10.9. The molecule has 0 aromatic heterocycles. The largest absolute Gasteiger partial charge is 0.480 e. The number of benzene rings is 1. The van der Waals surface area contributed by atoms with Gasteiger partial charge < -0.3 is 15.2 Å². The second kappa shape index (κ2) is 4.09. The molecule has 2 unspecified atom stereocenters. The molecule has 1 fully saturated rings. The average molecular weight is 237 g/mol. The number of thiocarbonyl (C=S) groups is 1. The van der Waals surface area contributed by atoms with Gasteiger partial charge in [0, 0.05) is 0 Å². The maximum absolute atomic E-state index is 11.0. The van der Waals surface area contributed by atoms with Crippen molar-refractivity contribution >= 4 is 23.4 Å². The predicted molar refractivity (Wildman–Crippen MR) is 62.2 cm³/mol. The summed E-state index contributed by atoms with van der Waals surface area (Å²) in [5.74, 6) is -0.965. The quantitative estimate of drug-likeness (QED) is 0.761. The zero-order chi connectivity index (χ0) is 11.7. The highest BCUT2D eigenvalue weighted by Crippen LogP contribution is 2.28. The average Bonchev–Trinajstić information content (AvgIpc) is 2.61. The van der Waals surface area contributed by atoms with E-state index in [4.69, 9.17) is 22.1 Å². The van der Waals surface area contributed by atoms with Gasteiger partial charge in [-0.3, -0.25) is 0 Å². The Balaban J connectivity index is 2.36. The van der Waals surface area contributed by atoms with Crippen molar-refractivity contribution in [3.63, 3.8) is 0 Å². The molecule has 0 amide bonds. The second-order valence-electron chi connectivity index (χ2n) is 3.64. The molecule has 0 bridgehead atoms. The van der Waals surface area contributed by atoms with Crippen LogP contribution < -0.4 is 5.32 Å². The van der Waals surface area contributed by atoms with Crippen LogP contribution in [0.25, 0.3) is 0 Å². The zero-order valence-corrected chi connectivity index (χ0v) is 9.45. The summed E-state index contributed by atoms with van der Waals surface area (Å²) >= 11 is 4.84. The van der Waals surface area contributed by atoms with Crippen LogP contribution in [-0.4, -0.2) is 22.3 Å². The molecule has 2 atom stereocenters. The van der Waals surface area contributed by atoms with Gasteiger partial charge in [-0.05, 0) is 30.3 Å². The smallest absolute Gasteiger partial charge is 0.330 e. The van der Waals surface area contributed by atoms with Gasteiger partial charge in [0.1, 0.15) is 0 Å². The summed E-state index contributed by atoms with van der Waals surface area (Å²) in [4.78, 5) is 11.0. The highest BCUT2D eigenvalue weighted by atomic mass is 32.1. The third-order valence-electron chi connectivity index (χ3n) is 2.57.